The topological polar surface area (TPSA) is 85.9 Å². The first-order valence-electron chi connectivity index (χ1n) is 5.87. The maximum Gasteiger partial charge on any atom is 0.412 e. The third-order valence-electron chi connectivity index (χ3n) is 2.17. The maximum atomic E-state index is 11.8. The van der Waals surface area contributed by atoms with Crippen LogP contribution in [0.15, 0.2) is 17.2 Å². The molecule has 0 saturated carbocycles. The van der Waals surface area contributed by atoms with Gasteiger partial charge in [-0.2, -0.15) is 5.10 Å². The first-order chi connectivity index (χ1) is 9.26. The molecule has 0 spiro atoms. The molecule has 1 rings (SSSR count). The average molecular weight is 300 g/mol. The zero-order valence-electron chi connectivity index (χ0n) is 11.9. The predicted octanol–water partition coefficient (Wildman–Crippen LogP) is 2.99. The van der Waals surface area contributed by atoms with Crippen LogP contribution in [-0.2, 0) is 4.74 Å². The van der Waals surface area contributed by atoms with Crippen molar-refractivity contribution in [2.24, 2.45) is 10.9 Å². The van der Waals surface area contributed by atoms with E-state index in [9.17, 15) is 4.79 Å². The van der Waals surface area contributed by atoms with Gasteiger partial charge in [-0.3, -0.25) is 5.32 Å². The Labute approximate surface area is 122 Å². The number of halogens is 1. The Morgan fingerprint density at radius 3 is 2.60 bits per heavy atom. The minimum absolute atomic E-state index is 0.386. The van der Waals surface area contributed by atoms with Crippen molar-refractivity contribution < 1.29 is 14.3 Å². The highest BCUT2D eigenvalue weighted by molar-refractivity contribution is 6.32. The van der Waals surface area contributed by atoms with Crippen LogP contribution < -0.4 is 15.9 Å². The molecule has 0 radical (unpaired) electrons. The Kier molecular flexibility index (Phi) is 5.21. The zero-order valence-corrected chi connectivity index (χ0v) is 12.6. The number of benzene rings is 1. The van der Waals surface area contributed by atoms with Gasteiger partial charge in [-0.25, -0.2) is 4.79 Å². The molecule has 0 aliphatic carbocycles. The smallest absolute Gasteiger partial charge is 0.412 e. The van der Waals surface area contributed by atoms with E-state index in [1.807, 2.05) is 0 Å². The van der Waals surface area contributed by atoms with Crippen LogP contribution in [0.1, 0.15) is 26.3 Å². The van der Waals surface area contributed by atoms with Gasteiger partial charge in [0.05, 0.1) is 24.0 Å². The highest BCUT2D eigenvalue weighted by Crippen LogP contribution is 2.30. The first kappa shape index (κ1) is 16.1. The van der Waals surface area contributed by atoms with E-state index in [0.717, 1.165) is 0 Å². The van der Waals surface area contributed by atoms with E-state index in [4.69, 9.17) is 26.9 Å². The quantitative estimate of drug-likeness (QED) is 0.510. The Hall–Kier alpha value is -1.95. The second kappa shape index (κ2) is 6.47. The number of rotatable bonds is 3. The van der Waals surface area contributed by atoms with Gasteiger partial charge >= 0.3 is 6.09 Å². The number of hydrazone groups is 1. The van der Waals surface area contributed by atoms with Crippen LogP contribution in [0.3, 0.4) is 0 Å². The fraction of sp³-hybridized carbons (Fsp3) is 0.385. The second-order valence-electron chi connectivity index (χ2n) is 4.98. The van der Waals surface area contributed by atoms with Crippen molar-refractivity contribution in [1.82, 2.24) is 0 Å². The summed E-state index contributed by atoms with van der Waals surface area (Å²) in [5.74, 6) is 5.56. The minimum atomic E-state index is -0.595. The summed E-state index contributed by atoms with van der Waals surface area (Å²) in [4.78, 5) is 11.8. The lowest BCUT2D eigenvalue weighted by molar-refractivity contribution is 0.0636. The Bertz CT molecular complexity index is 524. The summed E-state index contributed by atoms with van der Waals surface area (Å²) in [6.45, 7) is 5.33. The largest absolute Gasteiger partial charge is 0.495 e. The third-order valence-corrected chi connectivity index (χ3v) is 2.47. The lowest BCUT2D eigenvalue weighted by Gasteiger charge is -2.20. The molecule has 6 nitrogen and oxygen atoms in total. The van der Waals surface area contributed by atoms with Gasteiger partial charge in [-0.15, -0.1) is 0 Å². The Morgan fingerprint density at radius 2 is 2.10 bits per heavy atom. The summed E-state index contributed by atoms with van der Waals surface area (Å²) in [5, 5.41) is 6.42. The van der Waals surface area contributed by atoms with Gasteiger partial charge in [0, 0.05) is 11.6 Å². The van der Waals surface area contributed by atoms with Crippen LogP contribution in [0.2, 0.25) is 5.02 Å². The number of methoxy groups -OCH3 is 1. The van der Waals surface area contributed by atoms with Crippen molar-refractivity contribution in [2.45, 2.75) is 26.4 Å². The molecule has 0 atom stereocenters. The van der Waals surface area contributed by atoms with Crippen molar-refractivity contribution in [3.05, 3.63) is 22.7 Å². The molecule has 0 fully saturated rings. The monoisotopic (exact) mass is 299 g/mol. The molecule has 0 unspecified atom stereocenters. The molecular formula is C13H18ClN3O3. The lowest BCUT2D eigenvalue weighted by atomic mass is 10.2. The fourth-order valence-corrected chi connectivity index (χ4v) is 1.68. The summed E-state index contributed by atoms with van der Waals surface area (Å²) >= 11 is 6.01. The number of hydrogen-bond acceptors (Lipinski definition) is 5. The number of amides is 1. The molecule has 110 valence electrons. The van der Waals surface area contributed by atoms with E-state index in [1.54, 1.807) is 32.9 Å². The molecule has 1 aromatic rings. The number of anilines is 1. The van der Waals surface area contributed by atoms with Crippen LogP contribution in [0.4, 0.5) is 10.5 Å². The van der Waals surface area contributed by atoms with Gasteiger partial charge in [0.15, 0.2) is 0 Å². The van der Waals surface area contributed by atoms with Crippen LogP contribution in [0, 0.1) is 0 Å². The number of hydrogen-bond donors (Lipinski definition) is 2. The first-order valence-corrected chi connectivity index (χ1v) is 6.25. The number of ether oxygens (including phenoxy) is 2. The summed E-state index contributed by atoms with van der Waals surface area (Å²) in [6, 6.07) is 3.16. The average Bonchev–Trinajstić information content (AvgIpc) is 2.30. The van der Waals surface area contributed by atoms with Gasteiger partial charge in [0.1, 0.15) is 11.4 Å². The van der Waals surface area contributed by atoms with Crippen LogP contribution >= 0.6 is 11.6 Å². The van der Waals surface area contributed by atoms with Crippen LogP contribution in [-0.4, -0.2) is 25.0 Å². The molecule has 0 saturated heterocycles. The van der Waals surface area contributed by atoms with Crippen molar-refractivity contribution in [3.8, 4) is 5.75 Å². The van der Waals surface area contributed by atoms with E-state index < -0.39 is 11.7 Å². The highest BCUT2D eigenvalue weighted by Gasteiger charge is 2.18. The van der Waals surface area contributed by atoms with Gasteiger partial charge in [0.2, 0.25) is 0 Å². The third kappa shape index (κ3) is 4.62. The Balaban J connectivity index is 3.06. The molecule has 0 aliphatic heterocycles. The van der Waals surface area contributed by atoms with E-state index >= 15 is 0 Å². The molecule has 0 heterocycles. The molecular weight excluding hydrogens is 282 g/mol. The molecule has 7 heteroatoms. The maximum absolute atomic E-state index is 11.8. The van der Waals surface area contributed by atoms with Crippen molar-refractivity contribution in [3.63, 3.8) is 0 Å². The summed E-state index contributed by atoms with van der Waals surface area (Å²) in [6.07, 6.45) is 0.784. The van der Waals surface area contributed by atoms with Gasteiger partial charge in [-0.1, -0.05) is 11.6 Å². The van der Waals surface area contributed by atoms with Crippen molar-refractivity contribution >= 4 is 29.6 Å². The summed E-state index contributed by atoms with van der Waals surface area (Å²) < 4.78 is 10.3. The molecule has 3 N–H and O–H groups in total. The predicted molar refractivity (Wildman–Crippen MR) is 79.6 cm³/mol. The summed E-state index contributed by atoms with van der Waals surface area (Å²) in [7, 11) is 1.48. The lowest BCUT2D eigenvalue weighted by Crippen LogP contribution is -2.27. The Morgan fingerprint density at radius 1 is 1.45 bits per heavy atom. The SMILES string of the molecule is COc1cc(NC(=O)OC(C)(C)C)c(C=NN)cc1Cl. The van der Waals surface area contributed by atoms with E-state index in [-0.39, 0.29) is 0 Å². The van der Waals surface area contributed by atoms with Crippen molar-refractivity contribution in [2.75, 3.05) is 12.4 Å². The second-order valence-corrected chi connectivity index (χ2v) is 5.39. The van der Waals surface area contributed by atoms with Gasteiger partial charge < -0.3 is 15.3 Å². The molecule has 0 aliphatic rings. The summed E-state index contributed by atoms with van der Waals surface area (Å²) in [5.41, 5.74) is 0.391. The molecule has 0 bridgehead atoms. The highest BCUT2D eigenvalue weighted by atomic mass is 35.5. The van der Waals surface area contributed by atoms with E-state index in [2.05, 4.69) is 10.4 Å². The molecule has 0 aromatic heterocycles. The van der Waals surface area contributed by atoms with E-state index in [1.165, 1.54) is 13.3 Å². The molecule has 20 heavy (non-hydrogen) atoms. The number of nitrogens with zero attached hydrogens (tertiary/aromatic N) is 1. The van der Waals surface area contributed by atoms with Crippen molar-refractivity contribution in [1.29, 1.82) is 0 Å². The molecule has 1 aromatic carbocycles. The van der Waals surface area contributed by atoms with Gasteiger partial charge in [-0.05, 0) is 26.8 Å². The number of nitrogens with two attached hydrogens (primary N) is 1. The fourth-order valence-electron chi connectivity index (χ4n) is 1.43. The number of nitrogens with one attached hydrogen (secondary N) is 1. The minimum Gasteiger partial charge on any atom is -0.495 e. The van der Waals surface area contributed by atoms with E-state index in [0.29, 0.717) is 22.0 Å². The van der Waals surface area contributed by atoms with Gasteiger partial charge in [0.25, 0.3) is 0 Å². The standard InChI is InChI=1S/C13H18ClN3O3/c1-13(2,3)20-12(18)17-10-6-11(19-4)9(14)5-8(10)7-16-15/h5-7H,15H2,1-4H3,(H,17,18). The molecule has 1 amide bonds. The number of carbonyl (C=O) groups excluding carboxylic acids is 1. The van der Waals surface area contributed by atoms with Crippen LogP contribution in [0.25, 0.3) is 0 Å². The normalized spacial score (nSPS) is 11.4. The zero-order chi connectivity index (χ0) is 15.3. The van der Waals surface area contributed by atoms with Crippen LogP contribution in [0.5, 0.6) is 5.75 Å². The number of carbonyl (C=O) groups is 1.